The fourth-order valence-corrected chi connectivity index (χ4v) is 1.46. The van der Waals surface area contributed by atoms with Crippen molar-refractivity contribution >= 4 is 0 Å². The van der Waals surface area contributed by atoms with E-state index in [0.717, 1.165) is 5.92 Å². The molecule has 0 amide bonds. The van der Waals surface area contributed by atoms with Crippen molar-refractivity contribution in [2.24, 2.45) is 17.3 Å². The Kier molecular flexibility index (Phi) is 2.04. The number of rotatable bonds is 3. The lowest BCUT2D eigenvalue weighted by molar-refractivity contribution is 0.111. The maximum Gasteiger partial charge on any atom is 0.0461 e. The molecule has 1 atom stereocenters. The minimum absolute atomic E-state index is 0.337. The highest BCUT2D eigenvalue weighted by Crippen LogP contribution is 2.49. The van der Waals surface area contributed by atoms with E-state index in [1.165, 1.54) is 12.8 Å². The molecule has 0 aromatic rings. The predicted octanol–water partition coefficient (Wildman–Crippen LogP) is 2.05. The molecular formula is C9H18O. The molecule has 1 nitrogen and oxygen atoms in total. The lowest BCUT2D eigenvalue weighted by atomic mass is 9.76. The summed E-state index contributed by atoms with van der Waals surface area (Å²) in [4.78, 5) is 0. The second kappa shape index (κ2) is 2.54. The Balaban J connectivity index is 2.47. The summed E-state index contributed by atoms with van der Waals surface area (Å²) in [6.07, 6.45) is 2.74. The number of aliphatic hydroxyl groups is 1. The minimum atomic E-state index is 0.337. The van der Waals surface area contributed by atoms with Crippen LogP contribution in [0.4, 0.5) is 0 Å². The lowest BCUT2D eigenvalue weighted by Gasteiger charge is -2.30. The van der Waals surface area contributed by atoms with E-state index in [2.05, 4.69) is 20.8 Å². The van der Waals surface area contributed by atoms with Crippen molar-refractivity contribution in [1.82, 2.24) is 0 Å². The number of hydrogen-bond acceptors (Lipinski definition) is 1. The molecule has 0 aromatic heterocycles. The maximum atomic E-state index is 8.95. The van der Waals surface area contributed by atoms with Gasteiger partial charge in [0.25, 0.3) is 0 Å². The van der Waals surface area contributed by atoms with Gasteiger partial charge in [-0.2, -0.15) is 0 Å². The van der Waals surface area contributed by atoms with Crippen LogP contribution in [0.25, 0.3) is 0 Å². The summed E-state index contributed by atoms with van der Waals surface area (Å²) in [6.45, 7) is 7.01. The molecule has 0 aliphatic heterocycles. The summed E-state index contributed by atoms with van der Waals surface area (Å²) in [6, 6.07) is 0. The van der Waals surface area contributed by atoms with Crippen molar-refractivity contribution < 1.29 is 5.11 Å². The van der Waals surface area contributed by atoms with Gasteiger partial charge in [-0.25, -0.2) is 0 Å². The quantitative estimate of drug-likeness (QED) is 0.639. The number of aliphatic hydroxyl groups excluding tert-OH is 1. The third-order valence-corrected chi connectivity index (χ3v) is 3.17. The summed E-state index contributed by atoms with van der Waals surface area (Å²) in [7, 11) is 0. The van der Waals surface area contributed by atoms with E-state index >= 15 is 0 Å². The summed E-state index contributed by atoms with van der Waals surface area (Å²) < 4.78 is 0. The first kappa shape index (κ1) is 8.06. The number of hydrogen-bond donors (Lipinski definition) is 1. The van der Waals surface area contributed by atoms with Crippen LogP contribution >= 0.6 is 0 Å². The van der Waals surface area contributed by atoms with Gasteiger partial charge in [-0.15, -0.1) is 0 Å². The molecule has 10 heavy (non-hydrogen) atoms. The molecule has 1 aliphatic carbocycles. The van der Waals surface area contributed by atoms with Gasteiger partial charge < -0.3 is 5.11 Å². The van der Waals surface area contributed by atoms with Crippen molar-refractivity contribution in [3.63, 3.8) is 0 Å². The Morgan fingerprint density at radius 1 is 1.50 bits per heavy atom. The second-order valence-corrected chi connectivity index (χ2v) is 4.18. The van der Waals surface area contributed by atoms with Crippen LogP contribution in [-0.2, 0) is 0 Å². The Labute approximate surface area is 63.4 Å². The molecule has 0 unspecified atom stereocenters. The van der Waals surface area contributed by atoms with E-state index in [0.29, 0.717) is 17.9 Å². The molecule has 1 aliphatic rings. The van der Waals surface area contributed by atoms with Crippen molar-refractivity contribution in [3.8, 4) is 0 Å². The van der Waals surface area contributed by atoms with Crippen LogP contribution < -0.4 is 0 Å². The van der Waals surface area contributed by atoms with E-state index in [9.17, 15) is 0 Å². The molecule has 1 saturated carbocycles. The average molecular weight is 142 g/mol. The molecule has 0 saturated heterocycles. The molecule has 0 bridgehead atoms. The van der Waals surface area contributed by atoms with Gasteiger partial charge in [-0.1, -0.05) is 20.8 Å². The van der Waals surface area contributed by atoms with Crippen molar-refractivity contribution in [3.05, 3.63) is 0 Å². The van der Waals surface area contributed by atoms with E-state index < -0.39 is 0 Å². The van der Waals surface area contributed by atoms with Crippen LogP contribution in [0.3, 0.4) is 0 Å². The first-order valence-corrected chi connectivity index (χ1v) is 4.20. The van der Waals surface area contributed by atoms with Gasteiger partial charge >= 0.3 is 0 Å². The molecule has 1 heteroatoms. The van der Waals surface area contributed by atoms with E-state index in [4.69, 9.17) is 5.11 Å². The highest BCUT2D eigenvalue weighted by Gasteiger charge is 2.40. The SMILES string of the molecule is C[C@@H](CO)C(C)(C)C1CC1. The Morgan fingerprint density at radius 2 is 2.00 bits per heavy atom. The highest BCUT2D eigenvalue weighted by atomic mass is 16.3. The third kappa shape index (κ3) is 1.34. The van der Waals surface area contributed by atoms with E-state index in [-0.39, 0.29) is 0 Å². The van der Waals surface area contributed by atoms with Crippen LogP contribution in [-0.4, -0.2) is 11.7 Å². The van der Waals surface area contributed by atoms with Crippen LogP contribution in [0.5, 0.6) is 0 Å². The van der Waals surface area contributed by atoms with Crippen LogP contribution in [0.2, 0.25) is 0 Å². The monoisotopic (exact) mass is 142 g/mol. The Bertz CT molecular complexity index is 114. The van der Waals surface area contributed by atoms with Gasteiger partial charge in [0.2, 0.25) is 0 Å². The molecule has 0 aromatic carbocycles. The maximum absolute atomic E-state index is 8.95. The molecule has 0 heterocycles. The fraction of sp³-hybridized carbons (Fsp3) is 1.00. The zero-order chi connectivity index (χ0) is 7.78. The summed E-state index contributed by atoms with van der Waals surface area (Å²) in [5.41, 5.74) is 0.370. The first-order chi connectivity index (χ1) is 4.59. The summed E-state index contributed by atoms with van der Waals surface area (Å²) >= 11 is 0. The smallest absolute Gasteiger partial charge is 0.0461 e. The van der Waals surface area contributed by atoms with Gasteiger partial charge in [0.1, 0.15) is 0 Å². The van der Waals surface area contributed by atoms with Crippen molar-refractivity contribution in [1.29, 1.82) is 0 Å². The third-order valence-electron chi connectivity index (χ3n) is 3.17. The molecule has 1 fully saturated rings. The molecule has 1 rings (SSSR count). The van der Waals surface area contributed by atoms with E-state index in [1.54, 1.807) is 0 Å². The Hall–Kier alpha value is -0.0400. The van der Waals surface area contributed by atoms with Crippen LogP contribution in [0.1, 0.15) is 33.6 Å². The van der Waals surface area contributed by atoms with Crippen molar-refractivity contribution in [2.45, 2.75) is 33.6 Å². The lowest BCUT2D eigenvalue weighted by Crippen LogP contribution is -2.26. The molecule has 60 valence electrons. The van der Waals surface area contributed by atoms with Crippen molar-refractivity contribution in [2.75, 3.05) is 6.61 Å². The zero-order valence-corrected chi connectivity index (χ0v) is 7.22. The van der Waals surface area contributed by atoms with E-state index in [1.807, 2.05) is 0 Å². The summed E-state index contributed by atoms with van der Waals surface area (Å²) in [5, 5.41) is 8.95. The standard InChI is InChI=1S/C9H18O/c1-7(6-10)9(2,3)8-4-5-8/h7-8,10H,4-6H2,1-3H3/t7-/m0/s1. The van der Waals surface area contributed by atoms with Gasteiger partial charge in [0.15, 0.2) is 0 Å². The van der Waals surface area contributed by atoms with Gasteiger partial charge in [-0.05, 0) is 30.1 Å². The first-order valence-electron chi connectivity index (χ1n) is 4.20. The van der Waals surface area contributed by atoms with Crippen LogP contribution in [0.15, 0.2) is 0 Å². The largest absolute Gasteiger partial charge is 0.396 e. The minimum Gasteiger partial charge on any atom is -0.396 e. The predicted molar refractivity (Wildman–Crippen MR) is 42.8 cm³/mol. The normalized spacial score (nSPS) is 22.8. The highest BCUT2D eigenvalue weighted by molar-refractivity contribution is 4.90. The van der Waals surface area contributed by atoms with Gasteiger partial charge in [-0.3, -0.25) is 0 Å². The fourth-order valence-electron chi connectivity index (χ4n) is 1.46. The summed E-state index contributed by atoms with van der Waals surface area (Å²) in [5.74, 6) is 1.34. The second-order valence-electron chi connectivity index (χ2n) is 4.18. The molecular weight excluding hydrogens is 124 g/mol. The zero-order valence-electron chi connectivity index (χ0n) is 7.22. The average Bonchev–Trinajstić information content (AvgIpc) is 2.66. The molecule has 1 N–H and O–H groups in total. The molecule has 0 spiro atoms. The Morgan fingerprint density at radius 3 is 2.30 bits per heavy atom. The topological polar surface area (TPSA) is 20.2 Å². The molecule has 0 radical (unpaired) electrons. The van der Waals surface area contributed by atoms with Gasteiger partial charge in [0.05, 0.1) is 0 Å². The van der Waals surface area contributed by atoms with Gasteiger partial charge in [0, 0.05) is 6.61 Å². The van der Waals surface area contributed by atoms with Crippen LogP contribution in [0, 0.1) is 17.3 Å².